The quantitative estimate of drug-likeness (QED) is 0.470. The van der Waals surface area contributed by atoms with Crippen LogP contribution in [0.5, 0.6) is 0 Å². The molecule has 2 aromatic rings. The number of nitrogens with zero attached hydrogens (tertiary/aromatic N) is 2. The topological polar surface area (TPSA) is 71.8 Å². The number of nitrogens with one attached hydrogen (secondary N) is 1. The Balaban J connectivity index is 2.72. The van der Waals surface area contributed by atoms with Crippen LogP contribution in [0.4, 0.5) is 5.69 Å². The van der Waals surface area contributed by atoms with Gasteiger partial charge in [0.2, 0.25) is 0 Å². The van der Waals surface area contributed by atoms with Crippen LogP contribution in [-0.4, -0.2) is 14.9 Å². The van der Waals surface area contributed by atoms with Gasteiger partial charge in [-0.2, -0.15) is 0 Å². The molecular weight excluding hydrogens is 206 g/mol. The third-order valence-corrected chi connectivity index (χ3v) is 2.25. The van der Waals surface area contributed by atoms with Crippen LogP contribution >= 0.6 is 11.6 Å². The number of aromatic amines is 1. The van der Waals surface area contributed by atoms with Crippen molar-refractivity contribution in [1.29, 1.82) is 0 Å². The first-order valence-electron chi connectivity index (χ1n) is 3.88. The highest BCUT2D eigenvalue weighted by atomic mass is 35.5. The second-order valence-electron chi connectivity index (χ2n) is 2.79. The molecule has 6 heteroatoms. The fourth-order valence-electron chi connectivity index (χ4n) is 1.29. The average molecular weight is 212 g/mol. The second-order valence-corrected chi connectivity index (χ2v) is 3.06. The number of halogens is 1. The van der Waals surface area contributed by atoms with Gasteiger partial charge in [-0.15, -0.1) is 11.6 Å². The van der Waals surface area contributed by atoms with Gasteiger partial charge >= 0.3 is 0 Å². The van der Waals surface area contributed by atoms with E-state index in [9.17, 15) is 10.1 Å². The van der Waals surface area contributed by atoms with E-state index in [2.05, 4.69) is 9.97 Å². The highest BCUT2D eigenvalue weighted by molar-refractivity contribution is 6.17. The molecule has 0 aliphatic heterocycles. The number of alkyl halides is 1. The monoisotopic (exact) mass is 211 g/mol. The van der Waals surface area contributed by atoms with E-state index >= 15 is 0 Å². The van der Waals surface area contributed by atoms with Gasteiger partial charge in [0, 0.05) is 11.6 Å². The highest BCUT2D eigenvalue weighted by Gasteiger charge is 2.14. The van der Waals surface area contributed by atoms with Crippen molar-refractivity contribution in [3.05, 3.63) is 34.1 Å². The van der Waals surface area contributed by atoms with Crippen molar-refractivity contribution in [2.45, 2.75) is 5.88 Å². The molecule has 0 amide bonds. The fraction of sp³-hybridized carbons (Fsp3) is 0.125. The molecule has 2 rings (SSSR count). The van der Waals surface area contributed by atoms with Crippen molar-refractivity contribution >= 4 is 28.3 Å². The highest BCUT2D eigenvalue weighted by Crippen LogP contribution is 2.25. The smallest absolute Gasteiger partial charge is 0.276 e. The Labute approximate surface area is 83.9 Å². The Kier molecular flexibility index (Phi) is 2.09. The maximum absolute atomic E-state index is 10.7. The van der Waals surface area contributed by atoms with Gasteiger partial charge in [-0.3, -0.25) is 10.1 Å². The summed E-state index contributed by atoms with van der Waals surface area (Å²) in [4.78, 5) is 17.0. The fourth-order valence-corrected chi connectivity index (χ4v) is 1.50. The summed E-state index contributed by atoms with van der Waals surface area (Å²) in [5, 5.41) is 10.7. The molecule has 0 atom stereocenters. The summed E-state index contributed by atoms with van der Waals surface area (Å²) in [6.45, 7) is 0. The molecule has 0 unspecified atom stereocenters. The third kappa shape index (κ3) is 1.31. The van der Waals surface area contributed by atoms with Gasteiger partial charge in [0.25, 0.3) is 5.69 Å². The molecular formula is C8H6ClN3O2. The Bertz CT molecular complexity index is 494. The number of H-pyrrole nitrogens is 1. The van der Waals surface area contributed by atoms with Crippen LogP contribution < -0.4 is 0 Å². The van der Waals surface area contributed by atoms with Crippen LogP contribution in [0.15, 0.2) is 18.5 Å². The number of nitro benzene ring substituents is 1. The number of hydrogen-bond acceptors (Lipinski definition) is 3. The molecule has 72 valence electrons. The van der Waals surface area contributed by atoms with Crippen LogP contribution in [0.1, 0.15) is 5.56 Å². The summed E-state index contributed by atoms with van der Waals surface area (Å²) in [7, 11) is 0. The maximum atomic E-state index is 10.7. The Morgan fingerprint density at radius 2 is 2.36 bits per heavy atom. The predicted octanol–water partition coefficient (Wildman–Crippen LogP) is 2.21. The molecule has 0 radical (unpaired) electrons. The minimum absolute atomic E-state index is 0.0248. The van der Waals surface area contributed by atoms with Gasteiger partial charge in [0.05, 0.1) is 28.2 Å². The number of fused-ring (bicyclic) bond motifs is 1. The normalized spacial score (nSPS) is 10.6. The maximum Gasteiger partial charge on any atom is 0.276 e. The van der Waals surface area contributed by atoms with E-state index in [1.807, 2.05) is 0 Å². The minimum atomic E-state index is -0.446. The zero-order chi connectivity index (χ0) is 10.1. The lowest BCUT2D eigenvalue weighted by Gasteiger charge is -1.98. The molecule has 1 heterocycles. The van der Waals surface area contributed by atoms with Crippen molar-refractivity contribution in [2.75, 3.05) is 0 Å². The van der Waals surface area contributed by atoms with Gasteiger partial charge in [-0.25, -0.2) is 4.98 Å². The lowest BCUT2D eigenvalue weighted by atomic mass is 10.2. The second kappa shape index (κ2) is 3.26. The molecule has 0 saturated heterocycles. The molecule has 0 fully saturated rings. The first-order valence-corrected chi connectivity index (χ1v) is 4.42. The first kappa shape index (κ1) is 8.96. The van der Waals surface area contributed by atoms with Crippen LogP contribution in [0.3, 0.4) is 0 Å². The van der Waals surface area contributed by atoms with E-state index in [-0.39, 0.29) is 11.6 Å². The van der Waals surface area contributed by atoms with Crippen LogP contribution in [0, 0.1) is 10.1 Å². The summed E-state index contributed by atoms with van der Waals surface area (Å²) >= 11 is 5.60. The van der Waals surface area contributed by atoms with Gasteiger partial charge < -0.3 is 4.98 Å². The van der Waals surface area contributed by atoms with Crippen LogP contribution in [0.25, 0.3) is 11.0 Å². The summed E-state index contributed by atoms with van der Waals surface area (Å²) in [5.41, 5.74) is 1.84. The third-order valence-electron chi connectivity index (χ3n) is 1.96. The number of rotatable bonds is 2. The molecule has 1 aromatic carbocycles. The Hall–Kier alpha value is -1.62. The summed E-state index contributed by atoms with van der Waals surface area (Å²) < 4.78 is 0. The van der Waals surface area contributed by atoms with Gasteiger partial charge in [0.1, 0.15) is 0 Å². The van der Waals surface area contributed by atoms with Gasteiger partial charge in [-0.1, -0.05) is 0 Å². The largest absolute Gasteiger partial charge is 0.344 e. The van der Waals surface area contributed by atoms with E-state index in [4.69, 9.17) is 11.6 Å². The van der Waals surface area contributed by atoms with Crippen molar-refractivity contribution in [2.24, 2.45) is 0 Å². The predicted molar refractivity (Wildman–Crippen MR) is 52.3 cm³/mol. The average Bonchev–Trinajstić information content (AvgIpc) is 2.62. The van der Waals surface area contributed by atoms with Gasteiger partial charge in [-0.05, 0) is 6.07 Å². The molecule has 0 bridgehead atoms. The summed E-state index contributed by atoms with van der Waals surface area (Å²) in [5.74, 6) is 0.110. The Morgan fingerprint density at radius 1 is 1.57 bits per heavy atom. The van der Waals surface area contributed by atoms with E-state index in [1.54, 1.807) is 6.07 Å². The minimum Gasteiger partial charge on any atom is -0.344 e. The van der Waals surface area contributed by atoms with E-state index in [0.717, 1.165) is 0 Å². The van der Waals surface area contributed by atoms with Crippen LogP contribution in [-0.2, 0) is 5.88 Å². The zero-order valence-electron chi connectivity index (χ0n) is 7.03. The molecule has 0 saturated carbocycles. The van der Waals surface area contributed by atoms with Gasteiger partial charge in [0.15, 0.2) is 0 Å². The molecule has 1 N–H and O–H groups in total. The van der Waals surface area contributed by atoms with Crippen molar-refractivity contribution in [3.63, 3.8) is 0 Å². The van der Waals surface area contributed by atoms with Crippen molar-refractivity contribution in [3.8, 4) is 0 Å². The zero-order valence-corrected chi connectivity index (χ0v) is 7.78. The van der Waals surface area contributed by atoms with E-state index in [0.29, 0.717) is 16.6 Å². The number of imidazole rings is 1. The van der Waals surface area contributed by atoms with E-state index < -0.39 is 4.92 Å². The van der Waals surface area contributed by atoms with Crippen LogP contribution in [0.2, 0.25) is 0 Å². The molecule has 5 nitrogen and oxygen atoms in total. The van der Waals surface area contributed by atoms with E-state index in [1.165, 1.54) is 12.4 Å². The lowest BCUT2D eigenvalue weighted by Crippen LogP contribution is -1.93. The number of benzene rings is 1. The number of hydrogen-bond donors (Lipinski definition) is 1. The molecule has 0 aliphatic carbocycles. The van der Waals surface area contributed by atoms with Crippen molar-refractivity contribution in [1.82, 2.24) is 9.97 Å². The van der Waals surface area contributed by atoms with Crippen molar-refractivity contribution < 1.29 is 4.92 Å². The first-order chi connectivity index (χ1) is 6.72. The number of nitro groups is 1. The molecule has 14 heavy (non-hydrogen) atoms. The lowest BCUT2D eigenvalue weighted by molar-refractivity contribution is -0.385. The number of aromatic nitrogens is 2. The molecule has 0 aliphatic rings. The SMILES string of the molecule is O=[N+]([O-])c1cc2[nH]cnc2cc1CCl. The molecule has 0 spiro atoms. The Morgan fingerprint density at radius 3 is 3.00 bits per heavy atom. The molecule has 1 aromatic heterocycles. The summed E-state index contributed by atoms with van der Waals surface area (Å²) in [6.07, 6.45) is 1.49. The summed E-state index contributed by atoms with van der Waals surface area (Å²) in [6, 6.07) is 3.07. The standard InChI is InChI=1S/C8H6ClN3O2/c9-3-5-1-6-7(11-4-10-6)2-8(5)12(13)14/h1-2,4H,3H2,(H,10,11).